The third-order valence-electron chi connectivity index (χ3n) is 3.65. The molecule has 0 saturated carbocycles. The zero-order chi connectivity index (χ0) is 18.7. The van der Waals surface area contributed by atoms with Gasteiger partial charge in [0, 0.05) is 17.5 Å². The number of alkyl halides is 3. The maximum absolute atomic E-state index is 12.1. The van der Waals surface area contributed by atoms with Crippen molar-refractivity contribution in [3.05, 3.63) is 70.1 Å². The lowest BCUT2D eigenvalue weighted by molar-refractivity contribution is -0.153. The van der Waals surface area contributed by atoms with Gasteiger partial charge in [-0.2, -0.15) is 13.2 Å². The van der Waals surface area contributed by atoms with E-state index < -0.39 is 18.4 Å². The molecular formula is C19H15F3O4. The smallest absolute Gasteiger partial charge is 0.422 e. The van der Waals surface area contributed by atoms with E-state index in [4.69, 9.17) is 9.15 Å². The number of rotatable bonds is 5. The van der Waals surface area contributed by atoms with Crippen LogP contribution in [0.3, 0.4) is 0 Å². The van der Waals surface area contributed by atoms with Crippen molar-refractivity contribution in [3.63, 3.8) is 0 Å². The van der Waals surface area contributed by atoms with Gasteiger partial charge in [-0.1, -0.05) is 12.1 Å². The largest absolute Gasteiger partial charge is 0.489 e. The maximum Gasteiger partial charge on any atom is 0.422 e. The predicted octanol–water partition coefficient (Wildman–Crippen LogP) is 4.62. The molecule has 0 spiro atoms. The minimum Gasteiger partial charge on any atom is -0.489 e. The van der Waals surface area contributed by atoms with Crippen LogP contribution >= 0.6 is 0 Å². The third kappa shape index (κ3) is 4.56. The molecule has 0 N–H and O–H groups in total. The van der Waals surface area contributed by atoms with Gasteiger partial charge in [0.2, 0.25) is 0 Å². The lowest BCUT2D eigenvalue weighted by atomic mass is 10.1. The van der Waals surface area contributed by atoms with E-state index in [1.54, 1.807) is 30.3 Å². The molecule has 7 heteroatoms. The van der Waals surface area contributed by atoms with Gasteiger partial charge in [0.05, 0.1) is 0 Å². The van der Waals surface area contributed by atoms with Crippen LogP contribution in [-0.4, -0.2) is 12.8 Å². The van der Waals surface area contributed by atoms with Crippen LogP contribution in [0.2, 0.25) is 0 Å². The minimum atomic E-state index is -4.37. The van der Waals surface area contributed by atoms with E-state index in [9.17, 15) is 18.0 Å². The Bertz CT molecular complexity index is 959. The Morgan fingerprint density at radius 1 is 0.962 bits per heavy atom. The van der Waals surface area contributed by atoms with Gasteiger partial charge in [0.25, 0.3) is 0 Å². The zero-order valence-electron chi connectivity index (χ0n) is 13.8. The summed E-state index contributed by atoms with van der Waals surface area (Å²) < 4.78 is 51.8. The molecule has 0 aliphatic carbocycles. The van der Waals surface area contributed by atoms with Gasteiger partial charge in [-0.3, -0.25) is 0 Å². The van der Waals surface area contributed by atoms with Crippen LogP contribution in [0.4, 0.5) is 13.2 Å². The standard InChI is InChI=1S/C19H15F3O4/c1-12-8-18(23)26-17-9-15(6-7-16(12)17)24-10-13-2-4-14(5-3-13)25-11-19(20,21)22/h2-9H,10-11H2,1H3. The monoisotopic (exact) mass is 364 g/mol. The average molecular weight is 364 g/mol. The highest BCUT2D eigenvalue weighted by molar-refractivity contribution is 5.81. The topological polar surface area (TPSA) is 48.7 Å². The van der Waals surface area contributed by atoms with Crippen molar-refractivity contribution < 1.29 is 27.1 Å². The van der Waals surface area contributed by atoms with E-state index >= 15 is 0 Å². The normalized spacial score (nSPS) is 11.5. The van der Waals surface area contributed by atoms with Gasteiger partial charge >= 0.3 is 11.8 Å². The molecule has 0 fully saturated rings. The van der Waals surface area contributed by atoms with Crippen LogP contribution in [-0.2, 0) is 6.61 Å². The highest BCUT2D eigenvalue weighted by atomic mass is 19.4. The Kier molecular flexibility index (Phi) is 4.88. The van der Waals surface area contributed by atoms with E-state index in [1.807, 2.05) is 6.92 Å². The number of hydrogen-bond donors (Lipinski definition) is 0. The molecule has 4 nitrogen and oxygen atoms in total. The fraction of sp³-hybridized carbons (Fsp3) is 0.211. The zero-order valence-corrected chi connectivity index (χ0v) is 13.8. The highest BCUT2D eigenvalue weighted by Crippen LogP contribution is 2.23. The predicted molar refractivity (Wildman–Crippen MR) is 89.5 cm³/mol. The molecule has 0 radical (unpaired) electrons. The summed E-state index contributed by atoms with van der Waals surface area (Å²) >= 11 is 0. The second kappa shape index (κ2) is 7.11. The van der Waals surface area contributed by atoms with E-state index in [1.165, 1.54) is 18.2 Å². The highest BCUT2D eigenvalue weighted by Gasteiger charge is 2.28. The summed E-state index contributed by atoms with van der Waals surface area (Å²) in [6.07, 6.45) is -4.37. The lowest BCUT2D eigenvalue weighted by Crippen LogP contribution is -2.19. The number of aryl methyl sites for hydroxylation is 1. The molecule has 0 bridgehead atoms. The summed E-state index contributed by atoms with van der Waals surface area (Å²) in [7, 11) is 0. The molecule has 0 amide bonds. The molecule has 3 rings (SSSR count). The number of hydrogen-bond acceptors (Lipinski definition) is 4. The SMILES string of the molecule is Cc1cc(=O)oc2cc(OCc3ccc(OCC(F)(F)F)cc3)ccc12. The quantitative estimate of drug-likeness (QED) is 0.620. The summed E-state index contributed by atoms with van der Waals surface area (Å²) in [5, 5.41) is 0.822. The van der Waals surface area contributed by atoms with Crippen LogP contribution in [0.25, 0.3) is 11.0 Å². The Labute approximate surface area is 146 Å². The van der Waals surface area contributed by atoms with Crippen LogP contribution in [0.5, 0.6) is 11.5 Å². The van der Waals surface area contributed by atoms with Crippen molar-refractivity contribution >= 4 is 11.0 Å². The number of halogens is 3. The Morgan fingerprint density at radius 2 is 1.65 bits per heavy atom. The summed E-state index contributed by atoms with van der Waals surface area (Å²) in [6.45, 7) is 0.702. The third-order valence-corrected chi connectivity index (χ3v) is 3.65. The van der Waals surface area contributed by atoms with Crippen molar-refractivity contribution in [2.45, 2.75) is 19.7 Å². The van der Waals surface area contributed by atoms with Crippen molar-refractivity contribution in [2.75, 3.05) is 6.61 Å². The molecule has 136 valence electrons. The molecule has 0 saturated heterocycles. The molecule has 0 aliphatic rings. The molecule has 2 aromatic carbocycles. The van der Waals surface area contributed by atoms with Gasteiger partial charge in [-0.05, 0) is 42.3 Å². The van der Waals surface area contributed by atoms with Crippen LogP contribution < -0.4 is 15.1 Å². The number of ether oxygens (including phenoxy) is 2. The van der Waals surface area contributed by atoms with Gasteiger partial charge in [0.15, 0.2) is 6.61 Å². The Hall–Kier alpha value is -2.96. The second-order valence-corrected chi connectivity index (χ2v) is 5.74. The van der Waals surface area contributed by atoms with Crippen molar-refractivity contribution in [1.29, 1.82) is 0 Å². The molecule has 1 aromatic heterocycles. The summed E-state index contributed by atoms with van der Waals surface area (Å²) in [6, 6.07) is 12.8. The molecule has 26 heavy (non-hydrogen) atoms. The van der Waals surface area contributed by atoms with E-state index in [0.29, 0.717) is 11.3 Å². The van der Waals surface area contributed by atoms with Crippen molar-refractivity contribution in [1.82, 2.24) is 0 Å². The molecule has 1 heterocycles. The number of benzene rings is 2. The molecule has 0 unspecified atom stereocenters. The summed E-state index contributed by atoms with van der Waals surface area (Å²) in [5.41, 5.74) is 1.58. The lowest BCUT2D eigenvalue weighted by Gasteiger charge is -2.10. The summed E-state index contributed by atoms with van der Waals surface area (Å²) in [4.78, 5) is 11.5. The van der Waals surface area contributed by atoms with Gasteiger partial charge < -0.3 is 13.9 Å². The van der Waals surface area contributed by atoms with Gasteiger partial charge in [-0.15, -0.1) is 0 Å². The minimum absolute atomic E-state index is 0.133. The molecule has 0 atom stereocenters. The van der Waals surface area contributed by atoms with Crippen LogP contribution in [0.1, 0.15) is 11.1 Å². The van der Waals surface area contributed by atoms with E-state index in [2.05, 4.69) is 4.74 Å². The van der Waals surface area contributed by atoms with E-state index in [0.717, 1.165) is 16.5 Å². The molecule has 3 aromatic rings. The first kappa shape index (κ1) is 17.8. The fourth-order valence-electron chi connectivity index (χ4n) is 2.41. The summed E-state index contributed by atoms with van der Waals surface area (Å²) in [5.74, 6) is 0.651. The first-order chi connectivity index (χ1) is 12.3. The Balaban J connectivity index is 1.65. The van der Waals surface area contributed by atoms with Crippen LogP contribution in [0.15, 0.2) is 57.7 Å². The van der Waals surface area contributed by atoms with Crippen LogP contribution in [0, 0.1) is 6.92 Å². The molecular weight excluding hydrogens is 349 g/mol. The maximum atomic E-state index is 12.1. The number of fused-ring (bicyclic) bond motifs is 1. The van der Waals surface area contributed by atoms with E-state index in [-0.39, 0.29) is 12.4 Å². The fourth-order valence-corrected chi connectivity index (χ4v) is 2.41. The second-order valence-electron chi connectivity index (χ2n) is 5.74. The Morgan fingerprint density at radius 3 is 2.35 bits per heavy atom. The van der Waals surface area contributed by atoms with Crippen molar-refractivity contribution in [2.24, 2.45) is 0 Å². The van der Waals surface area contributed by atoms with Gasteiger partial charge in [0.1, 0.15) is 23.7 Å². The molecule has 0 aliphatic heterocycles. The van der Waals surface area contributed by atoms with Crippen molar-refractivity contribution in [3.8, 4) is 11.5 Å². The average Bonchev–Trinajstić information content (AvgIpc) is 2.58. The first-order valence-electron chi connectivity index (χ1n) is 7.76. The first-order valence-corrected chi connectivity index (χ1v) is 7.76. The van der Waals surface area contributed by atoms with Gasteiger partial charge in [-0.25, -0.2) is 4.79 Å².